The molecule has 5 nitrogen and oxygen atoms in total. The standard InChI is InChI=1S/C22H20BrFN4O/c23-18-5-1-16(2-6-18)13-22(29)28-11-9-27(10-12-28)21-14-20(25-15-26-21)17-3-7-19(24)8-4-17/h1-8,14-15H,9-13H2. The van der Waals surface area contributed by atoms with Gasteiger partial charge in [0.05, 0.1) is 12.1 Å². The number of rotatable bonds is 4. The highest BCUT2D eigenvalue weighted by molar-refractivity contribution is 9.10. The lowest BCUT2D eigenvalue weighted by molar-refractivity contribution is -0.130. The Hall–Kier alpha value is -2.80. The van der Waals surface area contributed by atoms with Crippen LogP contribution in [0.1, 0.15) is 5.56 Å². The van der Waals surface area contributed by atoms with Gasteiger partial charge in [0, 0.05) is 42.3 Å². The van der Waals surface area contributed by atoms with Crippen LogP contribution in [0.25, 0.3) is 11.3 Å². The number of aromatic nitrogens is 2. The molecule has 1 aliphatic rings. The van der Waals surface area contributed by atoms with Gasteiger partial charge < -0.3 is 9.80 Å². The number of benzene rings is 2. The van der Waals surface area contributed by atoms with Crippen molar-refractivity contribution < 1.29 is 9.18 Å². The summed E-state index contributed by atoms with van der Waals surface area (Å²) in [5.41, 5.74) is 2.61. The van der Waals surface area contributed by atoms with Crippen molar-refractivity contribution in [3.63, 3.8) is 0 Å². The van der Waals surface area contributed by atoms with Crippen molar-refractivity contribution >= 4 is 27.7 Å². The first kappa shape index (κ1) is 19.5. The van der Waals surface area contributed by atoms with E-state index in [9.17, 15) is 9.18 Å². The molecule has 2 aromatic carbocycles. The Kier molecular flexibility index (Phi) is 5.85. The molecule has 0 unspecified atom stereocenters. The van der Waals surface area contributed by atoms with Crippen LogP contribution in [-0.2, 0) is 11.2 Å². The molecule has 1 amide bonds. The lowest BCUT2D eigenvalue weighted by Crippen LogP contribution is -2.49. The molecule has 0 atom stereocenters. The summed E-state index contributed by atoms with van der Waals surface area (Å²) in [4.78, 5) is 25.3. The molecular weight excluding hydrogens is 435 g/mol. The van der Waals surface area contributed by atoms with Crippen LogP contribution in [0.3, 0.4) is 0 Å². The Morgan fingerprint density at radius 3 is 2.34 bits per heavy atom. The molecule has 3 aromatic rings. The van der Waals surface area contributed by atoms with Crippen LogP contribution in [0.5, 0.6) is 0 Å². The van der Waals surface area contributed by atoms with Gasteiger partial charge in [-0.05, 0) is 42.0 Å². The number of halogens is 2. The van der Waals surface area contributed by atoms with Crippen LogP contribution >= 0.6 is 15.9 Å². The highest BCUT2D eigenvalue weighted by Gasteiger charge is 2.22. The summed E-state index contributed by atoms with van der Waals surface area (Å²) in [6.07, 6.45) is 1.94. The van der Waals surface area contributed by atoms with E-state index in [1.54, 1.807) is 12.1 Å². The maximum atomic E-state index is 13.2. The average molecular weight is 455 g/mol. The quantitative estimate of drug-likeness (QED) is 0.598. The molecule has 1 aliphatic heterocycles. The second-order valence-corrected chi connectivity index (χ2v) is 7.86. The van der Waals surface area contributed by atoms with Crippen molar-refractivity contribution in [2.75, 3.05) is 31.1 Å². The molecule has 0 saturated carbocycles. The van der Waals surface area contributed by atoms with Crippen LogP contribution in [0, 0.1) is 5.82 Å². The highest BCUT2D eigenvalue weighted by Crippen LogP contribution is 2.22. The minimum atomic E-state index is -0.271. The van der Waals surface area contributed by atoms with E-state index in [1.165, 1.54) is 18.5 Å². The SMILES string of the molecule is O=C(Cc1ccc(Br)cc1)N1CCN(c2cc(-c3ccc(F)cc3)ncn2)CC1. The van der Waals surface area contributed by atoms with Gasteiger partial charge >= 0.3 is 0 Å². The van der Waals surface area contributed by atoms with E-state index in [-0.39, 0.29) is 11.7 Å². The highest BCUT2D eigenvalue weighted by atomic mass is 79.9. The molecule has 1 fully saturated rings. The molecule has 0 aliphatic carbocycles. The smallest absolute Gasteiger partial charge is 0.227 e. The second-order valence-electron chi connectivity index (χ2n) is 6.94. The number of carbonyl (C=O) groups excluding carboxylic acids is 1. The predicted molar refractivity (Wildman–Crippen MR) is 114 cm³/mol. The predicted octanol–water partition coefficient (Wildman–Crippen LogP) is 3.94. The van der Waals surface area contributed by atoms with E-state index in [0.717, 1.165) is 27.1 Å². The van der Waals surface area contributed by atoms with Crippen molar-refractivity contribution in [2.45, 2.75) is 6.42 Å². The number of hydrogen-bond donors (Lipinski definition) is 0. The zero-order valence-corrected chi connectivity index (χ0v) is 17.3. The van der Waals surface area contributed by atoms with Gasteiger partial charge in [-0.25, -0.2) is 14.4 Å². The molecule has 29 heavy (non-hydrogen) atoms. The molecule has 2 heterocycles. The van der Waals surface area contributed by atoms with Crippen molar-refractivity contribution in [3.05, 3.63) is 76.8 Å². The Morgan fingerprint density at radius 1 is 0.966 bits per heavy atom. The molecule has 4 rings (SSSR count). The van der Waals surface area contributed by atoms with E-state index in [1.807, 2.05) is 35.2 Å². The fraction of sp³-hybridized carbons (Fsp3) is 0.227. The monoisotopic (exact) mass is 454 g/mol. The first-order valence-corrected chi connectivity index (χ1v) is 10.2. The van der Waals surface area contributed by atoms with E-state index < -0.39 is 0 Å². The topological polar surface area (TPSA) is 49.3 Å². The summed E-state index contributed by atoms with van der Waals surface area (Å²) < 4.78 is 14.2. The van der Waals surface area contributed by atoms with Gasteiger partial charge in [0.25, 0.3) is 0 Å². The molecule has 148 valence electrons. The van der Waals surface area contributed by atoms with E-state index in [4.69, 9.17) is 0 Å². The maximum absolute atomic E-state index is 13.2. The molecule has 1 aromatic heterocycles. The summed E-state index contributed by atoms with van der Waals surface area (Å²) in [5.74, 6) is 0.688. The van der Waals surface area contributed by atoms with Crippen molar-refractivity contribution in [1.82, 2.24) is 14.9 Å². The third-order valence-corrected chi connectivity index (χ3v) is 5.55. The fourth-order valence-corrected chi connectivity index (χ4v) is 3.64. The van der Waals surface area contributed by atoms with Crippen LogP contribution in [0.15, 0.2) is 65.4 Å². The van der Waals surface area contributed by atoms with Gasteiger partial charge in [-0.3, -0.25) is 4.79 Å². The molecule has 0 spiro atoms. The second kappa shape index (κ2) is 8.69. The summed E-state index contributed by atoms with van der Waals surface area (Å²) in [6, 6.07) is 16.0. The van der Waals surface area contributed by atoms with E-state index in [0.29, 0.717) is 32.6 Å². The van der Waals surface area contributed by atoms with Crippen molar-refractivity contribution in [1.29, 1.82) is 0 Å². The molecule has 0 bridgehead atoms. The van der Waals surface area contributed by atoms with Crippen molar-refractivity contribution in [3.8, 4) is 11.3 Å². The van der Waals surface area contributed by atoms with Crippen molar-refractivity contribution in [2.24, 2.45) is 0 Å². The molecule has 1 saturated heterocycles. The number of anilines is 1. The van der Waals surface area contributed by atoms with Gasteiger partial charge in [0.1, 0.15) is 18.0 Å². The molecule has 7 heteroatoms. The van der Waals surface area contributed by atoms with Crippen LogP contribution < -0.4 is 4.90 Å². The van der Waals surface area contributed by atoms with Gasteiger partial charge in [-0.15, -0.1) is 0 Å². The minimum absolute atomic E-state index is 0.140. The largest absolute Gasteiger partial charge is 0.353 e. The Bertz CT molecular complexity index is 986. The zero-order chi connectivity index (χ0) is 20.2. The molecule has 0 radical (unpaired) electrons. The van der Waals surface area contributed by atoms with Gasteiger partial charge in [-0.2, -0.15) is 0 Å². The van der Waals surface area contributed by atoms with Gasteiger partial charge in [0.2, 0.25) is 5.91 Å². The lowest BCUT2D eigenvalue weighted by Gasteiger charge is -2.35. The third kappa shape index (κ3) is 4.79. The van der Waals surface area contributed by atoms with Crippen LogP contribution in [0.2, 0.25) is 0 Å². The third-order valence-electron chi connectivity index (χ3n) is 5.02. The fourth-order valence-electron chi connectivity index (χ4n) is 3.37. The summed E-state index contributed by atoms with van der Waals surface area (Å²) in [6.45, 7) is 2.74. The Balaban J connectivity index is 1.38. The Labute approximate surface area is 177 Å². The number of nitrogens with zero attached hydrogens (tertiary/aromatic N) is 4. The number of amides is 1. The number of piperazine rings is 1. The van der Waals surface area contributed by atoms with Gasteiger partial charge in [0.15, 0.2) is 0 Å². The number of hydrogen-bond acceptors (Lipinski definition) is 4. The lowest BCUT2D eigenvalue weighted by atomic mass is 10.1. The molecule has 0 N–H and O–H groups in total. The van der Waals surface area contributed by atoms with Crippen LogP contribution in [-0.4, -0.2) is 47.0 Å². The van der Waals surface area contributed by atoms with Crippen LogP contribution in [0.4, 0.5) is 10.2 Å². The maximum Gasteiger partial charge on any atom is 0.227 e. The molecular formula is C22H20BrFN4O. The van der Waals surface area contributed by atoms with E-state index in [2.05, 4.69) is 30.8 Å². The first-order chi connectivity index (χ1) is 14.1. The normalized spacial score (nSPS) is 14.1. The Morgan fingerprint density at radius 2 is 1.66 bits per heavy atom. The number of carbonyl (C=O) groups is 1. The summed E-state index contributed by atoms with van der Waals surface area (Å²) in [7, 11) is 0. The van der Waals surface area contributed by atoms with Gasteiger partial charge in [-0.1, -0.05) is 28.1 Å². The zero-order valence-electron chi connectivity index (χ0n) is 15.8. The summed E-state index contributed by atoms with van der Waals surface area (Å²) >= 11 is 3.41. The first-order valence-electron chi connectivity index (χ1n) is 9.44. The van der Waals surface area contributed by atoms with E-state index >= 15 is 0 Å². The summed E-state index contributed by atoms with van der Waals surface area (Å²) in [5, 5.41) is 0. The average Bonchev–Trinajstić information content (AvgIpc) is 2.76. The minimum Gasteiger partial charge on any atom is -0.353 e.